The Balaban J connectivity index is 1.79. The molecule has 0 spiro atoms. The summed E-state index contributed by atoms with van der Waals surface area (Å²) in [5.41, 5.74) is 2.18. The number of nitrogens with zero attached hydrogens (tertiary/aromatic N) is 1. The third-order valence-corrected chi connectivity index (χ3v) is 3.88. The minimum Gasteiger partial charge on any atom is -0.457 e. The van der Waals surface area contributed by atoms with Crippen LogP contribution in [-0.2, 0) is 4.79 Å². The van der Waals surface area contributed by atoms with Crippen molar-refractivity contribution in [3.63, 3.8) is 0 Å². The lowest BCUT2D eigenvalue weighted by molar-refractivity contribution is -0.108. The van der Waals surface area contributed by atoms with E-state index >= 15 is 0 Å². The molecule has 2 aromatic rings. The fraction of sp³-hybridized carbons (Fsp3) is 0.158. The van der Waals surface area contributed by atoms with Crippen LogP contribution in [0.1, 0.15) is 18.9 Å². The average Bonchev–Trinajstić information content (AvgIpc) is 2.57. The van der Waals surface area contributed by atoms with Crippen molar-refractivity contribution in [1.82, 2.24) is 0 Å². The van der Waals surface area contributed by atoms with Gasteiger partial charge in [0, 0.05) is 5.57 Å². The monoisotopic (exact) mass is 343 g/mol. The Kier molecular flexibility index (Phi) is 4.76. The van der Waals surface area contributed by atoms with Gasteiger partial charge in [-0.1, -0.05) is 0 Å². The number of rotatable bonds is 4. The number of halogens is 2. The van der Waals surface area contributed by atoms with Crippen molar-refractivity contribution in [2.24, 2.45) is 4.99 Å². The van der Waals surface area contributed by atoms with Crippen molar-refractivity contribution in [3.8, 4) is 11.5 Å². The molecule has 5 heteroatoms. The second kappa shape index (κ2) is 6.97. The molecule has 2 aromatic carbocycles. The number of dihydropyridines is 1. The average molecular weight is 344 g/mol. The summed E-state index contributed by atoms with van der Waals surface area (Å²) < 4.78 is 18.6. The highest BCUT2D eigenvalue weighted by molar-refractivity contribution is 6.68. The second-order valence-corrected chi connectivity index (χ2v) is 5.93. The van der Waals surface area contributed by atoms with Crippen molar-refractivity contribution in [1.29, 1.82) is 0 Å². The number of allylic oxidation sites excluding steroid dienone is 1. The predicted octanol–water partition coefficient (Wildman–Crippen LogP) is 4.89. The Hall–Kier alpha value is -2.46. The molecule has 0 amide bonds. The van der Waals surface area contributed by atoms with Crippen molar-refractivity contribution < 1.29 is 13.9 Å². The Labute approximate surface area is 144 Å². The maximum absolute atomic E-state index is 12.9. The molecular weight excluding hydrogens is 329 g/mol. The molecular formula is C19H15ClFNO2. The zero-order valence-electron chi connectivity index (χ0n) is 13.0. The normalized spacial score (nSPS) is 17.0. The standard InChI is InChI=1S/C19H15ClFNO2/c1-12-10-14(19(20)23)11-18(22-12)13-2-6-16(7-3-13)24-17-8-4-15(21)5-9-17/h2-9,11-12H,10H2,1H3. The zero-order chi connectivity index (χ0) is 17.1. The van der Waals surface area contributed by atoms with Crippen LogP contribution in [0.5, 0.6) is 11.5 Å². The quantitative estimate of drug-likeness (QED) is 0.741. The highest BCUT2D eigenvalue weighted by Gasteiger charge is 2.18. The number of hydrogen-bond acceptors (Lipinski definition) is 3. The smallest absolute Gasteiger partial charge is 0.248 e. The Morgan fingerprint density at radius 2 is 1.71 bits per heavy atom. The molecule has 1 unspecified atom stereocenters. The number of benzene rings is 2. The maximum Gasteiger partial charge on any atom is 0.248 e. The summed E-state index contributed by atoms with van der Waals surface area (Å²) in [5.74, 6) is 0.883. The Bertz CT molecular complexity index is 810. The van der Waals surface area contributed by atoms with Crippen molar-refractivity contribution >= 4 is 22.6 Å². The summed E-state index contributed by atoms with van der Waals surface area (Å²) in [7, 11) is 0. The maximum atomic E-state index is 12.9. The van der Waals surface area contributed by atoms with Gasteiger partial charge in [-0.2, -0.15) is 0 Å². The fourth-order valence-electron chi connectivity index (χ4n) is 2.49. The van der Waals surface area contributed by atoms with Gasteiger partial charge < -0.3 is 4.74 Å². The second-order valence-electron chi connectivity index (χ2n) is 5.59. The molecule has 1 heterocycles. The van der Waals surface area contributed by atoms with Crippen molar-refractivity contribution in [2.45, 2.75) is 19.4 Å². The van der Waals surface area contributed by atoms with Gasteiger partial charge >= 0.3 is 0 Å². The third-order valence-electron chi connectivity index (χ3n) is 3.64. The first-order valence-electron chi connectivity index (χ1n) is 7.53. The molecule has 122 valence electrons. The number of hydrogen-bond donors (Lipinski definition) is 0. The summed E-state index contributed by atoms with van der Waals surface area (Å²) in [6.07, 6.45) is 2.28. The number of carbonyl (C=O) groups excluding carboxylic acids is 1. The lowest BCUT2D eigenvalue weighted by Gasteiger charge is -2.16. The number of carbonyl (C=O) groups is 1. The Morgan fingerprint density at radius 1 is 1.12 bits per heavy atom. The van der Waals surface area contributed by atoms with Gasteiger partial charge in [0.25, 0.3) is 0 Å². The number of aliphatic imine (C=N–C) groups is 1. The lowest BCUT2D eigenvalue weighted by Crippen LogP contribution is -2.15. The van der Waals surface area contributed by atoms with E-state index < -0.39 is 5.24 Å². The predicted molar refractivity (Wildman–Crippen MR) is 92.5 cm³/mol. The molecule has 0 radical (unpaired) electrons. The molecule has 0 aromatic heterocycles. The summed E-state index contributed by atoms with van der Waals surface area (Å²) >= 11 is 5.59. The van der Waals surface area contributed by atoms with Crippen LogP contribution in [0.2, 0.25) is 0 Å². The van der Waals surface area contributed by atoms with E-state index in [0.717, 1.165) is 11.3 Å². The van der Waals surface area contributed by atoms with Gasteiger partial charge in [0.1, 0.15) is 17.3 Å². The van der Waals surface area contributed by atoms with Crippen LogP contribution in [0, 0.1) is 5.82 Å². The molecule has 1 aliphatic rings. The molecule has 24 heavy (non-hydrogen) atoms. The fourth-order valence-corrected chi connectivity index (χ4v) is 2.62. The van der Waals surface area contributed by atoms with E-state index in [1.807, 2.05) is 19.1 Å². The molecule has 1 aliphatic heterocycles. The molecule has 0 fully saturated rings. The van der Waals surface area contributed by atoms with E-state index in [4.69, 9.17) is 16.3 Å². The lowest BCUT2D eigenvalue weighted by atomic mass is 9.99. The summed E-state index contributed by atoms with van der Waals surface area (Å²) in [5, 5.41) is -0.439. The van der Waals surface area contributed by atoms with Gasteiger partial charge in [0.05, 0.1) is 11.8 Å². The molecule has 0 aliphatic carbocycles. The van der Waals surface area contributed by atoms with Gasteiger partial charge in [0.2, 0.25) is 5.24 Å². The SMILES string of the molecule is CC1CC(C(=O)Cl)=CC(c2ccc(Oc3ccc(F)cc3)cc2)=N1. The first-order valence-corrected chi connectivity index (χ1v) is 7.91. The van der Waals surface area contributed by atoms with E-state index in [2.05, 4.69) is 4.99 Å². The molecule has 3 rings (SSSR count). The topological polar surface area (TPSA) is 38.7 Å². The van der Waals surface area contributed by atoms with Crippen LogP contribution in [-0.4, -0.2) is 17.0 Å². The van der Waals surface area contributed by atoms with E-state index in [9.17, 15) is 9.18 Å². The van der Waals surface area contributed by atoms with Gasteiger partial charge in [-0.15, -0.1) is 0 Å². The van der Waals surface area contributed by atoms with E-state index in [1.54, 1.807) is 30.3 Å². The highest BCUT2D eigenvalue weighted by atomic mass is 35.5. The Morgan fingerprint density at radius 3 is 2.29 bits per heavy atom. The first-order chi connectivity index (χ1) is 11.5. The van der Waals surface area contributed by atoms with Crippen LogP contribution in [0.4, 0.5) is 4.39 Å². The minimum absolute atomic E-state index is 0.0119. The summed E-state index contributed by atoms with van der Waals surface area (Å²) in [6.45, 7) is 1.94. The van der Waals surface area contributed by atoms with Gasteiger partial charge in [-0.25, -0.2) is 4.39 Å². The molecule has 1 atom stereocenters. The van der Waals surface area contributed by atoms with Crippen molar-refractivity contribution in [3.05, 3.63) is 71.6 Å². The highest BCUT2D eigenvalue weighted by Crippen LogP contribution is 2.24. The molecule has 0 bridgehead atoms. The van der Waals surface area contributed by atoms with E-state index in [0.29, 0.717) is 23.5 Å². The molecule has 0 saturated heterocycles. The zero-order valence-corrected chi connectivity index (χ0v) is 13.8. The van der Waals surface area contributed by atoms with E-state index in [1.165, 1.54) is 12.1 Å². The van der Waals surface area contributed by atoms with Crippen LogP contribution >= 0.6 is 11.6 Å². The summed E-state index contributed by atoms with van der Waals surface area (Å²) in [6, 6.07) is 13.2. The van der Waals surface area contributed by atoms with Gasteiger partial charge in [0.15, 0.2) is 0 Å². The first kappa shape index (κ1) is 16.4. The largest absolute Gasteiger partial charge is 0.457 e. The third kappa shape index (κ3) is 3.89. The molecule has 0 N–H and O–H groups in total. The van der Waals surface area contributed by atoms with Crippen LogP contribution in [0.25, 0.3) is 0 Å². The van der Waals surface area contributed by atoms with Crippen LogP contribution in [0.15, 0.2) is 65.2 Å². The van der Waals surface area contributed by atoms with Crippen LogP contribution < -0.4 is 4.74 Å². The minimum atomic E-state index is -0.439. The van der Waals surface area contributed by atoms with Crippen LogP contribution in [0.3, 0.4) is 0 Å². The van der Waals surface area contributed by atoms with Gasteiger partial charge in [-0.3, -0.25) is 9.79 Å². The molecule has 0 saturated carbocycles. The van der Waals surface area contributed by atoms with Gasteiger partial charge in [-0.05, 0) is 85.1 Å². The number of ether oxygens (including phenoxy) is 1. The summed E-state index contributed by atoms with van der Waals surface area (Å²) in [4.78, 5) is 16.0. The molecule has 3 nitrogen and oxygen atoms in total. The van der Waals surface area contributed by atoms with Crippen molar-refractivity contribution in [2.75, 3.05) is 0 Å². The van der Waals surface area contributed by atoms with E-state index in [-0.39, 0.29) is 11.9 Å².